The molecular weight excluding hydrogens is 452 g/mol. The lowest BCUT2D eigenvalue weighted by molar-refractivity contribution is -0.314. The quantitative estimate of drug-likeness (QED) is 0.521. The van der Waals surface area contributed by atoms with Crippen LogP contribution in [0.4, 0.5) is 32.0 Å². The van der Waals surface area contributed by atoms with Gasteiger partial charge in [-0.1, -0.05) is 11.6 Å². The molecule has 0 bridgehead atoms. The van der Waals surface area contributed by atoms with Gasteiger partial charge in [0.05, 0.1) is 0 Å². The number of hydrogen-bond acceptors (Lipinski definition) is 5. The molecule has 2 saturated heterocycles. The molecule has 2 heterocycles. The molecule has 12 heteroatoms. The highest BCUT2D eigenvalue weighted by Crippen LogP contribution is 2.36. The van der Waals surface area contributed by atoms with Crippen molar-refractivity contribution in [2.75, 3.05) is 37.6 Å². The highest BCUT2D eigenvalue weighted by Gasteiger charge is 2.60. The first-order valence-electron chi connectivity index (χ1n) is 9.79. The number of carbonyl (C=O) groups excluding carboxylic acids is 1. The average molecular weight is 474 g/mol. The number of carbonyl (C=O) groups is 1. The summed E-state index contributed by atoms with van der Waals surface area (Å²) in [5.74, 6) is -1.57. The summed E-state index contributed by atoms with van der Waals surface area (Å²) in [6.45, 7) is 2.35. The Bertz CT molecular complexity index is 769. The van der Waals surface area contributed by atoms with Crippen molar-refractivity contribution in [3.05, 3.63) is 28.8 Å². The summed E-state index contributed by atoms with van der Waals surface area (Å²) in [5, 5.41) is 3.27. The largest absolute Gasteiger partial charge is 0.442 e. The van der Waals surface area contributed by atoms with Crippen molar-refractivity contribution < 1.29 is 35.9 Å². The fraction of sp³-hybridized carbons (Fsp3) is 0.632. The predicted molar refractivity (Wildman–Crippen MR) is 102 cm³/mol. The Hall–Kier alpha value is -1.72. The van der Waals surface area contributed by atoms with Crippen LogP contribution < -0.4 is 10.2 Å². The smallest absolute Gasteiger partial charge is 0.434 e. The van der Waals surface area contributed by atoms with Crippen LogP contribution in [0.15, 0.2) is 18.2 Å². The van der Waals surface area contributed by atoms with E-state index in [-0.39, 0.29) is 19.6 Å². The van der Waals surface area contributed by atoms with Gasteiger partial charge in [0.2, 0.25) is 0 Å². The molecule has 1 N–H and O–H groups in total. The second kappa shape index (κ2) is 9.41. The van der Waals surface area contributed by atoms with Gasteiger partial charge >= 0.3 is 18.3 Å². The molecule has 0 saturated carbocycles. The minimum absolute atomic E-state index is 0.124. The molecule has 1 aromatic rings. The maximum atomic E-state index is 12.8. The molecule has 0 radical (unpaired) electrons. The first kappa shape index (κ1) is 23.9. The fourth-order valence-electron chi connectivity index (χ4n) is 3.85. The van der Waals surface area contributed by atoms with E-state index in [2.05, 4.69) is 15.0 Å². The summed E-state index contributed by atoms with van der Waals surface area (Å²) in [6.07, 6.45) is -13.6. The molecule has 2 aliphatic heterocycles. The molecular formula is C19H22ClF6N3O2. The first-order valence-corrected chi connectivity index (χ1v) is 10.2. The lowest BCUT2D eigenvalue weighted by atomic mass is 10.1. The lowest BCUT2D eigenvalue weighted by Gasteiger charge is -2.36. The van der Waals surface area contributed by atoms with E-state index in [9.17, 15) is 31.1 Å². The van der Waals surface area contributed by atoms with Crippen LogP contribution in [0.5, 0.6) is 0 Å². The lowest BCUT2D eigenvalue weighted by Crippen LogP contribution is -2.57. The Balaban J connectivity index is 1.80. The molecule has 0 amide bonds. The number of benzene rings is 1. The van der Waals surface area contributed by atoms with E-state index in [0.29, 0.717) is 11.6 Å². The Morgan fingerprint density at radius 1 is 1.13 bits per heavy atom. The number of ether oxygens (including phenoxy) is 1. The van der Waals surface area contributed by atoms with Crippen molar-refractivity contribution in [2.45, 2.75) is 43.9 Å². The van der Waals surface area contributed by atoms with Crippen LogP contribution >= 0.6 is 11.6 Å². The minimum Gasteiger partial charge on any atom is -0.442 e. The highest BCUT2D eigenvalue weighted by atomic mass is 35.5. The van der Waals surface area contributed by atoms with Gasteiger partial charge in [-0.3, -0.25) is 9.69 Å². The number of rotatable bonds is 5. The van der Waals surface area contributed by atoms with E-state index >= 15 is 0 Å². The van der Waals surface area contributed by atoms with E-state index < -0.39 is 30.5 Å². The molecule has 2 aliphatic rings. The van der Waals surface area contributed by atoms with Crippen molar-refractivity contribution in [1.82, 2.24) is 10.2 Å². The van der Waals surface area contributed by atoms with Gasteiger partial charge in [-0.2, -0.15) is 26.3 Å². The summed E-state index contributed by atoms with van der Waals surface area (Å²) >= 11 is 6.12. The molecule has 1 unspecified atom stereocenters. The number of anilines is 1. The number of hydrogen-bond donors (Lipinski definition) is 1. The van der Waals surface area contributed by atoms with Gasteiger partial charge in [-0.05, 0) is 36.6 Å². The maximum absolute atomic E-state index is 12.8. The number of alkyl halides is 6. The van der Waals surface area contributed by atoms with E-state index in [1.807, 2.05) is 6.07 Å². The topological polar surface area (TPSA) is 44.8 Å². The first-order chi connectivity index (χ1) is 14.5. The van der Waals surface area contributed by atoms with E-state index in [1.54, 1.807) is 12.1 Å². The Kier molecular flexibility index (Phi) is 7.27. The van der Waals surface area contributed by atoms with Crippen LogP contribution in [0, 0.1) is 0 Å². The standard InChI is InChI=1S/C19H22ClF6N3O2/c20-13-3-4-14(28-6-1-2-7-28)12(9-13)11-29-8-5-27-10-15(29)16(30)31-17(18(21,22)23)19(24,25)26/h3-4,9,15,17,27H,1-2,5-8,10-11H2. The molecule has 2 fully saturated rings. The predicted octanol–water partition coefficient (Wildman–Crippen LogP) is 3.75. The van der Waals surface area contributed by atoms with Crippen LogP contribution in [0.1, 0.15) is 18.4 Å². The summed E-state index contributed by atoms with van der Waals surface area (Å²) in [5.41, 5.74) is 1.63. The fourth-order valence-corrected chi connectivity index (χ4v) is 4.04. The molecule has 1 atom stereocenters. The van der Waals surface area contributed by atoms with Crippen LogP contribution in [0.2, 0.25) is 5.02 Å². The van der Waals surface area contributed by atoms with Crippen molar-refractivity contribution in [2.24, 2.45) is 0 Å². The molecule has 0 aromatic heterocycles. The SMILES string of the molecule is O=C(OC(C(F)(F)F)C(F)(F)F)C1CNCCN1Cc1cc(Cl)ccc1N1CCCC1. The van der Waals surface area contributed by atoms with E-state index in [0.717, 1.165) is 37.2 Å². The Morgan fingerprint density at radius 3 is 2.39 bits per heavy atom. The van der Waals surface area contributed by atoms with Crippen molar-refractivity contribution in [1.29, 1.82) is 0 Å². The second-order valence-electron chi connectivity index (χ2n) is 7.56. The summed E-state index contributed by atoms with van der Waals surface area (Å²) < 4.78 is 80.8. The van der Waals surface area contributed by atoms with Gasteiger partial charge in [-0.25, -0.2) is 0 Å². The average Bonchev–Trinajstić information content (AvgIpc) is 3.19. The Morgan fingerprint density at radius 2 is 1.77 bits per heavy atom. The zero-order valence-electron chi connectivity index (χ0n) is 16.4. The number of esters is 1. The van der Waals surface area contributed by atoms with Gasteiger partial charge in [0, 0.05) is 50.0 Å². The van der Waals surface area contributed by atoms with E-state index in [4.69, 9.17) is 11.6 Å². The van der Waals surface area contributed by atoms with Crippen LogP contribution in [-0.4, -0.2) is 68.1 Å². The molecule has 0 spiro atoms. The molecule has 3 rings (SSSR count). The Labute approximate surface area is 180 Å². The number of nitrogens with one attached hydrogen (secondary N) is 1. The highest BCUT2D eigenvalue weighted by molar-refractivity contribution is 6.30. The molecule has 31 heavy (non-hydrogen) atoms. The number of piperazine rings is 1. The van der Waals surface area contributed by atoms with E-state index in [1.165, 1.54) is 4.90 Å². The zero-order chi connectivity index (χ0) is 22.8. The van der Waals surface area contributed by atoms with Gasteiger partial charge in [0.1, 0.15) is 6.04 Å². The van der Waals surface area contributed by atoms with Crippen LogP contribution in [0.25, 0.3) is 0 Å². The minimum atomic E-state index is -5.75. The van der Waals surface area contributed by atoms with Crippen molar-refractivity contribution in [3.8, 4) is 0 Å². The van der Waals surface area contributed by atoms with Crippen molar-refractivity contribution >= 4 is 23.3 Å². The van der Waals surface area contributed by atoms with Gasteiger partial charge in [-0.15, -0.1) is 0 Å². The third-order valence-electron chi connectivity index (χ3n) is 5.32. The third kappa shape index (κ3) is 5.95. The molecule has 174 valence electrons. The van der Waals surface area contributed by atoms with Crippen molar-refractivity contribution in [3.63, 3.8) is 0 Å². The second-order valence-corrected chi connectivity index (χ2v) is 7.99. The van der Waals surface area contributed by atoms with Gasteiger partial charge in [0.15, 0.2) is 0 Å². The summed E-state index contributed by atoms with van der Waals surface area (Å²) in [6, 6.07) is 3.96. The maximum Gasteiger partial charge on any atom is 0.434 e. The monoisotopic (exact) mass is 473 g/mol. The van der Waals surface area contributed by atoms with Crippen LogP contribution in [0.3, 0.4) is 0 Å². The normalized spacial score (nSPS) is 21.0. The molecule has 1 aromatic carbocycles. The third-order valence-corrected chi connectivity index (χ3v) is 5.55. The molecule has 5 nitrogen and oxygen atoms in total. The van der Waals surface area contributed by atoms with Gasteiger partial charge in [0.25, 0.3) is 6.10 Å². The van der Waals surface area contributed by atoms with Gasteiger partial charge < -0.3 is 15.0 Å². The number of nitrogens with zero attached hydrogens (tertiary/aromatic N) is 2. The van der Waals surface area contributed by atoms with Crippen LogP contribution in [-0.2, 0) is 16.1 Å². The zero-order valence-corrected chi connectivity index (χ0v) is 17.2. The summed E-state index contributed by atoms with van der Waals surface area (Å²) in [4.78, 5) is 16.0. The number of halogens is 7. The molecule has 0 aliphatic carbocycles. The summed E-state index contributed by atoms with van der Waals surface area (Å²) in [7, 11) is 0.